The molecule has 3 nitrogen and oxygen atoms in total. The molecule has 0 radical (unpaired) electrons. The number of aromatic nitrogens is 3. The Hall–Kier alpha value is -7.14. The summed E-state index contributed by atoms with van der Waals surface area (Å²) in [6.07, 6.45) is 11.2. The molecule has 4 heteroatoms. The van der Waals surface area contributed by atoms with E-state index in [1.807, 2.05) is 24.0 Å². The van der Waals surface area contributed by atoms with E-state index in [9.17, 15) is 0 Å². The van der Waals surface area contributed by atoms with E-state index in [1.165, 1.54) is 32.7 Å². The molecular weight excluding hydrogens is 747 g/mol. The van der Waals surface area contributed by atoms with E-state index >= 15 is 0 Å². The highest BCUT2D eigenvalue weighted by Gasteiger charge is 2.55. The van der Waals surface area contributed by atoms with Crippen molar-refractivity contribution in [3.8, 4) is 67.3 Å². The Morgan fingerprint density at radius 3 is 1.92 bits per heavy atom. The molecule has 2 aromatic heterocycles. The highest BCUT2D eigenvalue weighted by Crippen LogP contribution is 2.64. The predicted octanol–water partition coefficient (Wildman–Crippen LogP) is 13.9. The van der Waals surface area contributed by atoms with Crippen molar-refractivity contribution in [1.82, 2.24) is 15.0 Å². The monoisotopic (exact) mass is 783 g/mol. The van der Waals surface area contributed by atoms with E-state index in [2.05, 4.69) is 200 Å². The molecule has 3 heterocycles. The summed E-state index contributed by atoms with van der Waals surface area (Å²) < 4.78 is 0. The van der Waals surface area contributed by atoms with Crippen molar-refractivity contribution in [1.29, 1.82) is 0 Å². The highest BCUT2D eigenvalue weighted by molar-refractivity contribution is 8.00. The van der Waals surface area contributed by atoms with Gasteiger partial charge in [0, 0.05) is 49.9 Å². The minimum Gasteiger partial charge on any atom is -0.256 e. The number of allylic oxidation sites excluding steroid dienone is 3. The number of thioether (sulfide) groups is 1. The van der Waals surface area contributed by atoms with Crippen molar-refractivity contribution < 1.29 is 0 Å². The zero-order chi connectivity index (χ0) is 39.6. The van der Waals surface area contributed by atoms with Gasteiger partial charge in [-0.25, -0.2) is 9.97 Å². The lowest BCUT2D eigenvalue weighted by Gasteiger charge is -2.47. The Morgan fingerprint density at radius 1 is 0.433 bits per heavy atom. The molecule has 0 amide bonds. The average Bonchev–Trinajstić information content (AvgIpc) is 3.61. The van der Waals surface area contributed by atoms with Gasteiger partial charge in [-0.2, -0.15) is 0 Å². The number of benzene rings is 7. The standard InChI is InChI=1S/C56H37N3S/c1-3-14-36(15-4-1)39-19-11-20-42(32-39)55-58-50(37-16-5-2-6-17-37)35-51(59-55)41-28-30-47-45(34-41)44-33-40(43-22-12-18-38-21-13-31-57-54(38)43)27-29-46(44)56(47)48-23-7-9-25-52(48)60-53-26-10-8-24-49(53)56/h1-35,48,52H. The van der Waals surface area contributed by atoms with Crippen molar-refractivity contribution in [2.75, 3.05) is 0 Å². The van der Waals surface area contributed by atoms with Gasteiger partial charge < -0.3 is 0 Å². The van der Waals surface area contributed by atoms with Crippen LogP contribution in [0.25, 0.3) is 78.2 Å². The van der Waals surface area contributed by atoms with Gasteiger partial charge in [-0.15, -0.1) is 11.8 Å². The Bertz CT molecular complexity index is 3200. The maximum atomic E-state index is 5.38. The minimum absolute atomic E-state index is 0.227. The van der Waals surface area contributed by atoms with Gasteiger partial charge >= 0.3 is 0 Å². The molecule has 0 fully saturated rings. The van der Waals surface area contributed by atoms with E-state index in [0.29, 0.717) is 11.1 Å². The fraction of sp³-hybridized carbons (Fsp3) is 0.0536. The first-order valence-corrected chi connectivity index (χ1v) is 21.5. The third kappa shape index (κ3) is 5.48. The summed E-state index contributed by atoms with van der Waals surface area (Å²) in [5.41, 5.74) is 16.7. The Labute approximate surface area is 353 Å². The third-order valence-corrected chi connectivity index (χ3v) is 13.9. The van der Waals surface area contributed by atoms with Gasteiger partial charge in [0.25, 0.3) is 0 Å². The van der Waals surface area contributed by atoms with Crippen LogP contribution in [-0.4, -0.2) is 20.2 Å². The molecule has 0 bridgehead atoms. The van der Waals surface area contributed by atoms with Crippen LogP contribution in [0.5, 0.6) is 0 Å². The number of rotatable bonds is 5. The molecule has 0 saturated heterocycles. The molecule has 60 heavy (non-hydrogen) atoms. The molecule has 9 aromatic rings. The second kappa shape index (κ2) is 14.0. The summed E-state index contributed by atoms with van der Waals surface area (Å²) >= 11 is 1.99. The summed E-state index contributed by atoms with van der Waals surface area (Å²) in [7, 11) is 0. The first kappa shape index (κ1) is 34.9. The summed E-state index contributed by atoms with van der Waals surface area (Å²) in [5, 5.41) is 1.44. The van der Waals surface area contributed by atoms with Gasteiger partial charge in [0.1, 0.15) is 0 Å². The fourth-order valence-corrected chi connectivity index (χ4v) is 11.4. The molecule has 0 saturated carbocycles. The molecule has 7 aromatic carbocycles. The van der Waals surface area contributed by atoms with E-state index in [-0.39, 0.29) is 11.3 Å². The van der Waals surface area contributed by atoms with Crippen molar-refractivity contribution in [3.05, 3.63) is 229 Å². The number of hydrogen-bond acceptors (Lipinski definition) is 4. The second-order valence-corrected chi connectivity index (χ2v) is 17.1. The quantitative estimate of drug-likeness (QED) is 0.174. The van der Waals surface area contributed by atoms with Gasteiger partial charge in [-0.1, -0.05) is 170 Å². The van der Waals surface area contributed by atoms with E-state index in [4.69, 9.17) is 15.0 Å². The Kier molecular flexibility index (Phi) is 8.14. The van der Waals surface area contributed by atoms with Gasteiger partial charge in [0.05, 0.1) is 22.3 Å². The van der Waals surface area contributed by atoms with E-state index < -0.39 is 0 Å². The zero-order valence-electron chi connectivity index (χ0n) is 32.6. The van der Waals surface area contributed by atoms with Crippen LogP contribution in [0.15, 0.2) is 217 Å². The first-order chi connectivity index (χ1) is 29.7. The predicted molar refractivity (Wildman–Crippen MR) is 248 cm³/mol. The Balaban J connectivity index is 1.09. The van der Waals surface area contributed by atoms with Gasteiger partial charge in [0.15, 0.2) is 5.82 Å². The first-order valence-electron chi connectivity index (χ1n) is 20.6. The second-order valence-electron chi connectivity index (χ2n) is 15.9. The molecule has 0 N–H and O–H groups in total. The van der Waals surface area contributed by atoms with Gasteiger partial charge in [0.2, 0.25) is 0 Å². The van der Waals surface area contributed by atoms with Gasteiger partial charge in [-0.3, -0.25) is 4.98 Å². The van der Waals surface area contributed by atoms with E-state index in [1.54, 1.807) is 0 Å². The van der Waals surface area contributed by atoms with Crippen LogP contribution in [0.4, 0.5) is 0 Å². The van der Waals surface area contributed by atoms with Gasteiger partial charge in [-0.05, 0) is 80.9 Å². The molecule has 3 aliphatic rings. The maximum absolute atomic E-state index is 5.38. The van der Waals surface area contributed by atoms with E-state index in [0.717, 1.165) is 61.2 Å². The number of fused-ring (bicyclic) bond motifs is 10. The molecule has 1 aliphatic heterocycles. The third-order valence-electron chi connectivity index (χ3n) is 12.6. The van der Waals surface area contributed by atoms with Crippen molar-refractivity contribution in [2.24, 2.45) is 5.92 Å². The largest absolute Gasteiger partial charge is 0.256 e. The number of para-hydroxylation sites is 1. The summed E-state index contributed by atoms with van der Waals surface area (Å²) in [4.78, 5) is 16.8. The van der Waals surface area contributed by atoms with Crippen LogP contribution < -0.4 is 0 Å². The molecule has 282 valence electrons. The number of nitrogens with zero attached hydrogens (tertiary/aromatic N) is 3. The molecule has 3 unspecified atom stereocenters. The molecule has 2 aliphatic carbocycles. The minimum atomic E-state index is -0.379. The van der Waals surface area contributed by atoms with Crippen molar-refractivity contribution in [2.45, 2.75) is 15.6 Å². The summed E-state index contributed by atoms with van der Waals surface area (Å²) in [5.74, 6) is 0.929. The molecular formula is C56H37N3S. The zero-order valence-corrected chi connectivity index (χ0v) is 33.4. The maximum Gasteiger partial charge on any atom is 0.160 e. The Morgan fingerprint density at radius 2 is 1.08 bits per heavy atom. The number of pyridine rings is 1. The number of hydrogen-bond donors (Lipinski definition) is 0. The topological polar surface area (TPSA) is 38.7 Å². The van der Waals surface area contributed by atoms with Crippen molar-refractivity contribution >= 4 is 22.7 Å². The van der Waals surface area contributed by atoms with Crippen LogP contribution >= 0.6 is 11.8 Å². The van der Waals surface area contributed by atoms with Crippen LogP contribution in [0.2, 0.25) is 0 Å². The lowest BCUT2D eigenvalue weighted by atomic mass is 9.62. The molecule has 3 atom stereocenters. The molecule has 1 spiro atoms. The van der Waals surface area contributed by atoms with Crippen LogP contribution in [0.1, 0.15) is 16.7 Å². The van der Waals surface area contributed by atoms with Crippen LogP contribution in [-0.2, 0) is 5.41 Å². The average molecular weight is 784 g/mol. The lowest BCUT2D eigenvalue weighted by molar-refractivity contribution is 0.449. The van der Waals surface area contributed by atoms with Crippen LogP contribution in [0.3, 0.4) is 0 Å². The lowest BCUT2D eigenvalue weighted by Crippen LogP contribution is -2.43. The van der Waals surface area contributed by atoms with Crippen molar-refractivity contribution in [3.63, 3.8) is 0 Å². The highest BCUT2D eigenvalue weighted by atomic mass is 32.2. The fourth-order valence-electron chi connectivity index (χ4n) is 9.94. The summed E-state index contributed by atoms with van der Waals surface area (Å²) in [6.45, 7) is 0. The normalized spacial score (nSPS) is 18.2. The smallest absolute Gasteiger partial charge is 0.160 e. The van der Waals surface area contributed by atoms with Crippen LogP contribution in [0, 0.1) is 5.92 Å². The SMILES string of the molecule is C1=CC2Sc3ccccc3C3(c4ccc(-c5cc(-c6ccccc6)nc(-c6cccc(-c7ccccc7)c6)n5)cc4-c4cc(-c5cccc6cccnc56)ccc43)C2C=C1. The summed E-state index contributed by atoms with van der Waals surface area (Å²) in [6, 6.07) is 65.7. The molecule has 12 rings (SSSR count).